The Morgan fingerprint density at radius 2 is 1.96 bits per heavy atom. The second-order valence-corrected chi connectivity index (χ2v) is 7.39. The fourth-order valence-corrected chi connectivity index (χ4v) is 3.77. The van der Waals surface area contributed by atoms with Crippen LogP contribution in [0.1, 0.15) is 48.7 Å². The number of imidazole rings is 2. The standard InChI is InChI=1S/C21H24ClN5/c1-4-5-6-7-16-10-13(2)26-27-19(14(3)23-21(16)27)20-24-17-9-8-15(12-22)11-18(17)25-20/h8-11H,4-7,12H2,1-3H3,(H,24,25). The smallest absolute Gasteiger partial charge is 0.159 e. The van der Waals surface area contributed by atoms with E-state index in [2.05, 4.69) is 18.0 Å². The zero-order chi connectivity index (χ0) is 19.0. The fourth-order valence-electron chi connectivity index (χ4n) is 3.60. The Morgan fingerprint density at radius 3 is 2.74 bits per heavy atom. The van der Waals surface area contributed by atoms with Gasteiger partial charge in [0.25, 0.3) is 0 Å². The van der Waals surface area contributed by atoms with E-state index in [1.54, 1.807) is 0 Å². The van der Waals surface area contributed by atoms with Crippen LogP contribution in [0.25, 0.3) is 28.2 Å². The van der Waals surface area contributed by atoms with Gasteiger partial charge in [-0.05, 0) is 56.0 Å². The van der Waals surface area contributed by atoms with Gasteiger partial charge in [-0.15, -0.1) is 11.6 Å². The highest BCUT2D eigenvalue weighted by atomic mass is 35.5. The monoisotopic (exact) mass is 381 g/mol. The van der Waals surface area contributed by atoms with Crippen LogP contribution < -0.4 is 0 Å². The van der Waals surface area contributed by atoms with E-state index in [0.717, 1.165) is 51.6 Å². The number of nitrogens with one attached hydrogen (secondary N) is 1. The number of aromatic amines is 1. The molecule has 0 radical (unpaired) electrons. The number of nitrogens with zero attached hydrogens (tertiary/aromatic N) is 4. The lowest BCUT2D eigenvalue weighted by Crippen LogP contribution is -2.02. The van der Waals surface area contributed by atoms with Gasteiger partial charge in [0.15, 0.2) is 11.5 Å². The zero-order valence-electron chi connectivity index (χ0n) is 16.0. The van der Waals surface area contributed by atoms with Crippen molar-refractivity contribution in [3.8, 4) is 11.5 Å². The molecule has 0 saturated heterocycles. The lowest BCUT2D eigenvalue weighted by Gasteiger charge is -2.06. The van der Waals surface area contributed by atoms with Crippen molar-refractivity contribution in [3.05, 3.63) is 46.8 Å². The molecule has 140 valence electrons. The molecule has 0 amide bonds. The molecule has 0 aliphatic heterocycles. The molecule has 0 atom stereocenters. The maximum absolute atomic E-state index is 5.97. The van der Waals surface area contributed by atoms with Crippen LogP contribution in [0.5, 0.6) is 0 Å². The van der Waals surface area contributed by atoms with Crippen molar-refractivity contribution in [2.45, 2.75) is 52.3 Å². The first-order chi connectivity index (χ1) is 13.1. The topological polar surface area (TPSA) is 58.9 Å². The lowest BCUT2D eigenvalue weighted by molar-refractivity contribution is 0.714. The third-order valence-electron chi connectivity index (χ3n) is 4.93. The van der Waals surface area contributed by atoms with E-state index in [1.165, 1.54) is 24.8 Å². The molecule has 0 saturated carbocycles. The van der Waals surface area contributed by atoms with Gasteiger partial charge in [-0.3, -0.25) is 0 Å². The molecule has 0 spiro atoms. The molecule has 0 aliphatic carbocycles. The zero-order valence-corrected chi connectivity index (χ0v) is 16.8. The molecule has 27 heavy (non-hydrogen) atoms. The number of aromatic nitrogens is 5. The van der Waals surface area contributed by atoms with Gasteiger partial charge >= 0.3 is 0 Å². The summed E-state index contributed by atoms with van der Waals surface area (Å²) in [5.74, 6) is 1.28. The highest BCUT2D eigenvalue weighted by molar-refractivity contribution is 6.17. The molecule has 1 N–H and O–H groups in total. The van der Waals surface area contributed by atoms with E-state index in [-0.39, 0.29) is 0 Å². The first kappa shape index (κ1) is 18.0. The van der Waals surface area contributed by atoms with Crippen LogP contribution in [0.15, 0.2) is 24.3 Å². The van der Waals surface area contributed by atoms with Crippen molar-refractivity contribution in [3.63, 3.8) is 0 Å². The third kappa shape index (κ3) is 3.32. The van der Waals surface area contributed by atoms with Gasteiger partial charge in [-0.1, -0.05) is 25.8 Å². The predicted molar refractivity (Wildman–Crippen MR) is 110 cm³/mol. The Hall–Kier alpha value is -2.40. The van der Waals surface area contributed by atoms with Crippen molar-refractivity contribution < 1.29 is 0 Å². The van der Waals surface area contributed by atoms with Crippen molar-refractivity contribution in [2.24, 2.45) is 0 Å². The van der Waals surface area contributed by atoms with Crippen LogP contribution in [0.4, 0.5) is 0 Å². The van der Waals surface area contributed by atoms with Crippen LogP contribution in [-0.2, 0) is 12.3 Å². The van der Waals surface area contributed by atoms with E-state index in [1.807, 2.05) is 36.6 Å². The molecule has 0 unspecified atom stereocenters. The minimum Gasteiger partial charge on any atom is -0.337 e. The maximum Gasteiger partial charge on any atom is 0.159 e. The summed E-state index contributed by atoms with van der Waals surface area (Å²) in [4.78, 5) is 13.0. The van der Waals surface area contributed by atoms with Gasteiger partial charge in [-0.2, -0.15) is 5.10 Å². The summed E-state index contributed by atoms with van der Waals surface area (Å²) in [6.45, 7) is 6.28. The predicted octanol–water partition coefficient (Wildman–Crippen LogP) is 5.36. The summed E-state index contributed by atoms with van der Waals surface area (Å²) >= 11 is 5.97. The van der Waals surface area contributed by atoms with Gasteiger partial charge in [-0.25, -0.2) is 14.5 Å². The molecule has 3 aromatic heterocycles. The number of aryl methyl sites for hydroxylation is 3. The SMILES string of the molecule is CCCCCc1cc(C)nn2c(-c3nc4ccc(CCl)cc4[nH]3)c(C)nc12. The number of hydrogen-bond donors (Lipinski definition) is 1. The summed E-state index contributed by atoms with van der Waals surface area (Å²) in [6.07, 6.45) is 4.63. The van der Waals surface area contributed by atoms with Crippen molar-refractivity contribution in [1.29, 1.82) is 0 Å². The Morgan fingerprint density at radius 1 is 1.11 bits per heavy atom. The van der Waals surface area contributed by atoms with Gasteiger partial charge in [0.2, 0.25) is 0 Å². The molecular formula is C21H24ClN5. The van der Waals surface area contributed by atoms with Gasteiger partial charge in [0.1, 0.15) is 5.69 Å². The van der Waals surface area contributed by atoms with E-state index < -0.39 is 0 Å². The van der Waals surface area contributed by atoms with Crippen LogP contribution in [-0.4, -0.2) is 24.6 Å². The summed E-state index contributed by atoms with van der Waals surface area (Å²) in [7, 11) is 0. The molecular weight excluding hydrogens is 358 g/mol. The minimum atomic E-state index is 0.487. The number of hydrogen-bond acceptors (Lipinski definition) is 3. The highest BCUT2D eigenvalue weighted by Gasteiger charge is 2.18. The molecule has 1 aromatic carbocycles. The van der Waals surface area contributed by atoms with Gasteiger partial charge in [0.05, 0.1) is 22.4 Å². The van der Waals surface area contributed by atoms with E-state index in [0.29, 0.717) is 5.88 Å². The minimum absolute atomic E-state index is 0.487. The molecule has 4 aromatic rings. The number of halogens is 1. The van der Waals surface area contributed by atoms with E-state index in [9.17, 15) is 0 Å². The van der Waals surface area contributed by atoms with Crippen LogP contribution in [0.3, 0.4) is 0 Å². The molecule has 0 bridgehead atoms. The van der Waals surface area contributed by atoms with Crippen molar-refractivity contribution >= 4 is 28.3 Å². The van der Waals surface area contributed by atoms with Crippen LogP contribution >= 0.6 is 11.6 Å². The average Bonchev–Trinajstić information content (AvgIpc) is 3.20. The van der Waals surface area contributed by atoms with Gasteiger partial charge < -0.3 is 4.98 Å². The Labute approximate surface area is 163 Å². The van der Waals surface area contributed by atoms with Gasteiger partial charge in [0, 0.05) is 5.88 Å². The van der Waals surface area contributed by atoms with E-state index in [4.69, 9.17) is 26.7 Å². The Bertz CT molecular complexity index is 1110. The number of H-pyrrole nitrogens is 1. The quantitative estimate of drug-likeness (QED) is 0.361. The summed E-state index contributed by atoms with van der Waals surface area (Å²) in [5.41, 5.74) is 8.01. The molecule has 6 heteroatoms. The second kappa shape index (κ2) is 7.31. The molecule has 3 heterocycles. The summed E-state index contributed by atoms with van der Waals surface area (Å²) < 4.78 is 1.95. The molecule has 5 nitrogen and oxygen atoms in total. The van der Waals surface area contributed by atoms with Crippen LogP contribution in [0.2, 0.25) is 0 Å². The lowest BCUT2D eigenvalue weighted by atomic mass is 10.1. The maximum atomic E-state index is 5.97. The molecule has 0 fully saturated rings. The normalized spacial score (nSPS) is 11.7. The number of benzene rings is 1. The Balaban J connectivity index is 1.85. The van der Waals surface area contributed by atoms with E-state index >= 15 is 0 Å². The third-order valence-corrected chi connectivity index (χ3v) is 5.24. The number of fused-ring (bicyclic) bond motifs is 2. The average molecular weight is 382 g/mol. The summed E-state index contributed by atoms with van der Waals surface area (Å²) in [5, 5.41) is 4.74. The fraction of sp³-hybridized carbons (Fsp3) is 0.381. The summed E-state index contributed by atoms with van der Waals surface area (Å²) in [6, 6.07) is 8.22. The molecule has 4 rings (SSSR count). The number of unbranched alkanes of at least 4 members (excludes halogenated alkanes) is 2. The first-order valence-corrected chi connectivity index (χ1v) is 10.0. The molecule has 0 aliphatic rings. The Kier molecular flexibility index (Phi) is 4.87. The number of rotatable bonds is 6. The van der Waals surface area contributed by atoms with Crippen molar-refractivity contribution in [2.75, 3.05) is 0 Å². The number of alkyl halides is 1. The largest absolute Gasteiger partial charge is 0.337 e. The second-order valence-electron chi connectivity index (χ2n) is 7.12. The highest BCUT2D eigenvalue weighted by Crippen LogP contribution is 2.27. The van der Waals surface area contributed by atoms with Crippen molar-refractivity contribution in [1.82, 2.24) is 24.6 Å². The first-order valence-electron chi connectivity index (χ1n) is 9.51. The van der Waals surface area contributed by atoms with Crippen LogP contribution in [0, 0.1) is 13.8 Å².